The van der Waals surface area contributed by atoms with Gasteiger partial charge in [-0.2, -0.15) is 0 Å². The third kappa shape index (κ3) is 4.13. The monoisotopic (exact) mass is 387 g/mol. The lowest BCUT2D eigenvalue weighted by atomic mass is 10.2. The average molecular weight is 387 g/mol. The number of hydrogen-bond donors (Lipinski definition) is 1. The third-order valence-electron chi connectivity index (χ3n) is 4.26. The van der Waals surface area contributed by atoms with E-state index in [2.05, 4.69) is 20.6 Å². The molecule has 0 spiro atoms. The lowest BCUT2D eigenvalue weighted by Crippen LogP contribution is -2.38. The fraction of sp³-hybridized carbons (Fsp3) is 0.333. The highest BCUT2D eigenvalue weighted by Crippen LogP contribution is 2.18. The van der Waals surface area contributed by atoms with E-state index in [0.29, 0.717) is 5.69 Å². The molecule has 0 bridgehead atoms. The smallest absolute Gasteiger partial charge is 0.274 e. The molecule has 2 aromatic heterocycles. The predicted molar refractivity (Wildman–Crippen MR) is 103 cm³/mol. The van der Waals surface area contributed by atoms with Crippen molar-refractivity contribution < 1.29 is 13.2 Å². The van der Waals surface area contributed by atoms with Gasteiger partial charge in [-0.25, -0.2) is 13.1 Å². The quantitative estimate of drug-likeness (QED) is 0.690. The summed E-state index contributed by atoms with van der Waals surface area (Å²) in [6.07, 6.45) is 1.73. The lowest BCUT2D eigenvalue weighted by Gasteiger charge is -2.13. The van der Waals surface area contributed by atoms with Crippen LogP contribution in [0.5, 0.6) is 0 Å². The van der Waals surface area contributed by atoms with Gasteiger partial charge in [0.15, 0.2) is 15.5 Å². The van der Waals surface area contributed by atoms with E-state index >= 15 is 0 Å². The lowest BCUT2D eigenvalue weighted by molar-refractivity contribution is 0.0938. The van der Waals surface area contributed by atoms with Crippen LogP contribution < -0.4 is 5.32 Å². The molecule has 3 aromatic rings. The van der Waals surface area contributed by atoms with E-state index in [9.17, 15) is 13.2 Å². The van der Waals surface area contributed by atoms with E-state index in [4.69, 9.17) is 0 Å². The highest BCUT2D eigenvalue weighted by Gasteiger charge is 2.21. The van der Waals surface area contributed by atoms with Gasteiger partial charge in [0, 0.05) is 23.4 Å². The van der Waals surface area contributed by atoms with E-state index in [0.717, 1.165) is 16.6 Å². The number of sulfone groups is 1. The Labute approximate surface area is 157 Å². The van der Waals surface area contributed by atoms with Gasteiger partial charge < -0.3 is 5.32 Å². The summed E-state index contributed by atoms with van der Waals surface area (Å²) in [5.74, 6) is -0.515. The molecule has 1 unspecified atom stereocenters. The van der Waals surface area contributed by atoms with Crippen LogP contribution >= 0.6 is 0 Å². The maximum Gasteiger partial charge on any atom is 0.274 e. The minimum Gasteiger partial charge on any atom is -0.347 e. The topological polar surface area (TPSA) is 107 Å². The maximum atomic E-state index is 12.5. The van der Waals surface area contributed by atoms with E-state index in [1.807, 2.05) is 30.3 Å². The molecule has 0 aliphatic carbocycles. The second-order valence-corrected chi connectivity index (χ2v) is 8.79. The Morgan fingerprint density at radius 1 is 1.30 bits per heavy atom. The summed E-state index contributed by atoms with van der Waals surface area (Å²) in [5.41, 5.74) is 2.37. The van der Waals surface area contributed by atoms with Crippen molar-refractivity contribution in [3.63, 3.8) is 0 Å². The Morgan fingerprint density at radius 2 is 2.07 bits per heavy atom. The number of aromatic nitrogens is 4. The number of pyridine rings is 1. The van der Waals surface area contributed by atoms with Crippen LogP contribution in [0.25, 0.3) is 16.6 Å². The van der Waals surface area contributed by atoms with Gasteiger partial charge in [0.2, 0.25) is 0 Å². The molecule has 3 rings (SSSR count). The number of benzene rings is 1. The molecular formula is C18H21N5O3S. The summed E-state index contributed by atoms with van der Waals surface area (Å²) >= 11 is 0. The number of rotatable bonds is 6. The molecule has 9 heteroatoms. The molecule has 0 radical (unpaired) electrons. The summed E-state index contributed by atoms with van der Waals surface area (Å²) in [6.45, 7) is 4.98. The molecule has 0 saturated heterocycles. The van der Waals surface area contributed by atoms with Crippen molar-refractivity contribution >= 4 is 26.6 Å². The number of nitrogens with one attached hydrogen (secondary N) is 1. The van der Waals surface area contributed by atoms with Crippen LogP contribution in [0.1, 0.15) is 30.0 Å². The Morgan fingerprint density at radius 3 is 2.81 bits per heavy atom. The largest absolute Gasteiger partial charge is 0.347 e. The van der Waals surface area contributed by atoms with Crippen molar-refractivity contribution in [1.82, 2.24) is 25.3 Å². The summed E-state index contributed by atoms with van der Waals surface area (Å²) in [6, 6.07) is 8.94. The number of hydrogen-bond acceptors (Lipinski definition) is 6. The zero-order valence-corrected chi connectivity index (χ0v) is 16.2. The summed E-state index contributed by atoms with van der Waals surface area (Å²) < 4.78 is 25.0. The minimum absolute atomic E-state index is 0.0409. The number of nitrogens with zero attached hydrogens (tertiary/aromatic N) is 4. The maximum absolute atomic E-state index is 12.5. The van der Waals surface area contributed by atoms with Crippen LogP contribution in [0, 0.1) is 6.92 Å². The van der Waals surface area contributed by atoms with Crippen molar-refractivity contribution in [2.75, 3.05) is 11.5 Å². The number of amides is 1. The first kappa shape index (κ1) is 19.0. The molecule has 2 heterocycles. The average Bonchev–Trinajstić information content (AvgIpc) is 3.02. The van der Waals surface area contributed by atoms with Crippen molar-refractivity contribution in [3.8, 4) is 5.69 Å². The first-order valence-electron chi connectivity index (χ1n) is 8.59. The van der Waals surface area contributed by atoms with Crippen molar-refractivity contribution in [3.05, 3.63) is 47.9 Å². The van der Waals surface area contributed by atoms with E-state index < -0.39 is 21.8 Å². The Kier molecular flexibility index (Phi) is 5.22. The number of fused-ring (bicyclic) bond motifs is 1. The van der Waals surface area contributed by atoms with Crippen LogP contribution in [0.2, 0.25) is 0 Å². The van der Waals surface area contributed by atoms with E-state index in [1.165, 1.54) is 0 Å². The highest BCUT2D eigenvalue weighted by molar-refractivity contribution is 7.91. The summed E-state index contributed by atoms with van der Waals surface area (Å²) in [4.78, 5) is 16.8. The van der Waals surface area contributed by atoms with Crippen molar-refractivity contribution in [1.29, 1.82) is 0 Å². The molecule has 1 amide bonds. The third-order valence-corrected chi connectivity index (χ3v) is 6.15. The molecular weight excluding hydrogens is 366 g/mol. The second-order valence-electron chi connectivity index (χ2n) is 6.39. The van der Waals surface area contributed by atoms with Gasteiger partial charge in [-0.15, -0.1) is 5.10 Å². The zero-order valence-electron chi connectivity index (χ0n) is 15.4. The summed E-state index contributed by atoms with van der Waals surface area (Å²) in [7, 11) is -3.18. The number of carbonyl (C=O) groups excluding carboxylic acids is 1. The highest BCUT2D eigenvalue weighted by atomic mass is 32.2. The van der Waals surface area contributed by atoms with Crippen molar-refractivity contribution in [2.24, 2.45) is 0 Å². The van der Waals surface area contributed by atoms with Crippen LogP contribution in [0.15, 0.2) is 36.5 Å². The molecule has 0 aliphatic rings. The first-order valence-corrected chi connectivity index (χ1v) is 10.4. The number of carbonyl (C=O) groups is 1. The molecule has 8 nitrogen and oxygen atoms in total. The van der Waals surface area contributed by atoms with Gasteiger partial charge in [-0.1, -0.05) is 18.2 Å². The van der Waals surface area contributed by atoms with Crippen LogP contribution in [0.4, 0.5) is 0 Å². The van der Waals surface area contributed by atoms with E-state index in [1.54, 1.807) is 31.6 Å². The van der Waals surface area contributed by atoms with Gasteiger partial charge in [0.25, 0.3) is 5.91 Å². The van der Waals surface area contributed by atoms with Crippen LogP contribution in [-0.4, -0.2) is 51.9 Å². The molecule has 0 saturated carbocycles. The fourth-order valence-corrected chi connectivity index (χ4v) is 3.89. The standard InChI is InChI=1S/C18H21N5O3S/c1-4-27(25,26)11-12(2)20-18(24)17-13(3)23(22-21-17)15-7-8-16-14(10-15)6-5-9-19-16/h5-10,12H,4,11H2,1-3H3,(H,20,24). The molecule has 142 valence electrons. The fourth-order valence-electron chi connectivity index (χ4n) is 2.81. The zero-order chi connectivity index (χ0) is 19.6. The molecule has 1 aromatic carbocycles. The van der Waals surface area contributed by atoms with Gasteiger partial charge in [-0.05, 0) is 38.1 Å². The van der Waals surface area contributed by atoms with Crippen molar-refractivity contribution in [2.45, 2.75) is 26.8 Å². The van der Waals surface area contributed by atoms with Crippen LogP contribution in [-0.2, 0) is 9.84 Å². The molecule has 1 atom stereocenters. The van der Waals surface area contributed by atoms with Gasteiger partial charge in [0.05, 0.1) is 22.7 Å². The second kappa shape index (κ2) is 7.43. The minimum atomic E-state index is -3.18. The van der Waals surface area contributed by atoms with E-state index in [-0.39, 0.29) is 17.2 Å². The Balaban J connectivity index is 1.82. The van der Waals surface area contributed by atoms with Gasteiger partial charge in [-0.3, -0.25) is 9.78 Å². The van der Waals surface area contributed by atoms with Gasteiger partial charge >= 0.3 is 0 Å². The first-order chi connectivity index (χ1) is 12.8. The normalized spacial score (nSPS) is 12.9. The molecule has 27 heavy (non-hydrogen) atoms. The predicted octanol–water partition coefficient (Wildman–Crippen LogP) is 1.68. The van der Waals surface area contributed by atoms with Gasteiger partial charge in [0.1, 0.15) is 0 Å². The molecule has 0 aliphatic heterocycles. The van der Waals surface area contributed by atoms with Crippen LogP contribution in [0.3, 0.4) is 0 Å². The summed E-state index contributed by atoms with van der Waals surface area (Å²) in [5, 5.41) is 11.7. The Bertz CT molecular complexity index is 1090. The molecule has 0 fully saturated rings. The Hall–Kier alpha value is -2.81. The SMILES string of the molecule is CCS(=O)(=O)CC(C)NC(=O)c1nnn(-c2ccc3ncccc3c2)c1C. The molecule has 1 N–H and O–H groups in total.